The molecule has 0 heterocycles. The van der Waals surface area contributed by atoms with Crippen LogP contribution in [0.15, 0.2) is 72.8 Å². The number of anilines is 1. The number of esters is 1. The Labute approximate surface area is 232 Å². The first-order chi connectivity index (χ1) is 18.7. The Morgan fingerprint density at radius 1 is 0.897 bits per heavy atom. The smallest absolute Gasteiger partial charge is 0.330 e. The van der Waals surface area contributed by atoms with Crippen LogP contribution in [0, 0.1) is 19.3 Å². The summed E-state index contributed by atoms with van der Waals surface area (Å²) >= 11 is 0. The van der Waals surface area contributed by atoms with Crippen molar-refractivity contribution in [3.8, 4) is 11.5 Å². The second-order valence-electron chi connectivity index (χ2n) is 10.2. The van der Waals surface area contributed by atoms with Crippen LogP contribution in [0.2, 0.25) is 0 Å². The first-order valence-electron chi connectivity index (χ1n) is 13.3. The number of rotatable bonds is 13. The van der Waals surface area contributed by atoms with Gasteiger partial charge in [0, 0.05) is 17.2 Å². The van der Waals surface area contributed by atoms with E-state index in [0.29, 0.717) is 31.9 Å². The molecule has 0 aromatic heterocycles. The van der Waals surface area contributed by atoms with Gasteiger partial charge in [-0.15, -0.1) is 0 Å². The van der Waals surface area contributed by atoms with Gasteiger partial charge in [-0.25, -0.2) is 4.79 Å². The van der Waals surface area contributed by atoms with E-state index in [9.17, 15) is 9.59 Å². The molecule has 0 aliphatic rings. The molecule has 1 amide bonds. The van der Waals surface area contributed by atoms with Gasteiger partial charge in [-0.05, 0) is 86.2 Å². The van der Waals surface area contributed by atoms with Gasteiger partial charge in [0.05, 0.1) is 13.2 Å². The summed E-state index contributed by atoms with van der Waals surface area (Å²) in [5.74, 6) is 1.25. The number of carbonyl (C=O) groups is 2. The molecule has 0 saturated carbocycles. The number of carbonyl (C=O) groups excluding carboxylic acids is 2. The van der Waals surface area contributed by atoms with Gasteiger partial charge in [0.2, 0.25) is 5.91 Å². The molecule has 0 bridgehead atoms. The minimum atomic E-state index is -0.564. The lowest BCUT2D eigenvalue weighted by Crippen LogP contribution is -2.31. The van der Waals surface area contributed by atoms with E-state index >= 15 is 0 Å². The maximum Gasteiger partial charge on any atom is 0.330 e. The Hall–Kier alpha value is -4.06. The fourth-order valence-corrected chi connectivity index (χ4v) is 3.95. The Morgan fingerprint density at radius 2 is 1.54 bits per heavy atom. The van der Waals surface area contributed by atoms with Crippen LogP contribution in [-0.2, 0) is 20.9 Å². The number of hydrogen-bond donors (Lipinski definition) is 1. The molecule has 0 atom stereocenters. The molecule has 0 saturated heterocycles. The Kier molecular flexibility index (Phi) is 10.7. The first-order valence-corrected chi connectivity index (χ1v) is 13.3. The van der Waals surface area contributed by atoms with E-state index in [1.807, 2.05) is 94.4 Å². The van der Waals surface area contributed by atoms with E-state index in [-0.39, 0.29) is 11.9 Å². The zero-order chi connectivity index (χ0) is 28.3. The van der Waals surface area contributed by atoms with Gasteiger partial charge in [0.1, 0.15) is 18.1 Å². The molecule has 39 heavy (non-hydrogen) atoms. The van der Waals surface area contributed by atoms with Gasteiger partial charge in [-0.3, -0.25) is 4.79 Å². The molecular weight excluding hydrogens is 490 g/mol. The molecule has 0 radical (unpaired) electrons. The molecule has 0 aliphatic carbocycles. The molecule has 0 aliphatic heterocycles. The number of ether oxygens (including phenoxy) is 3. The predicted molar refractivity (Wildman–Crippen MR) is 156 cm³/mol. The second kappa shape index (κ2) is 14.2. The van der Waals surface area contributed by atoms with Gasteiger partial charge in [0.15, 0.2) is 0 Å². The van der Waals surface area contributed by atoms with E-state index in [2.05, 4.69) is 5.32 Å². The maximum absolute atomic E-state index is 12.9. The van der Waals surface area contributed by atoms with Crippen molar-refractivity contribution in [2.75, 3.05) is 18.5 Å². The summed E-state index contributed by atoms with van der Waals surface area (Å²) in [4.78, 5) is 24.4. The van der Waals surface area contributed by atoms with Crippen LogP contribution >= 0.6 is 0 Å². The predicted octanol–water partition coefficient (Wildman–Crippen LogP) is 7.28. The van der Waals surface area contributed by atoms with Gasteiger partial charge in [-0.2, -0.15) is 0 Å². The summed E-state index contributed by atoms with van der Waals surface area (Å²) in [5, 5.41) is 2.99. The highest BCUT2D eigenvalue weighted by Crippen LogP contribution is 2.30. The molecule has 3 aromatic carbocycles. The highest BCUT2D eigenvalue weighted by atomic mass is 16.5. The van der Waals surface area contributed by atoms with Gasteiger partial charge >= 0.3 is 5.97 Å². The van der Waals surface area contributed by atoms with E-state index in [1.54, 1.807) is 13.0 Å². The molecule has 0 unspecified atom stereocenters. The quantitative estimate of drug-likeness (QED) is 0.143. The summed E-state index contributed by atoms with van der Waals surface area (Å²) in [5.41, 5.74) is 4.15. The van der Waals surface area contributed by atoms with Crippen LogP contribution < -0.4 is 14.8 Å². The van der Waals surface area contributed by atoms with Crippen LogP contribution in [0.4, 0.5) is 5.69 Å². The van der Waals surface area contributed by atoms with Crippen molar-refractivity contribution >= 4 is 23.6 Å². The number of benzene rings is 3. The van der Waals surface area contributed by atoms with Crippen LogP contribution in [-0.4, -0.2) is 25.1 Å². The van der Waals surface area contributed by atoms with Crippen molar-refractivity contribution in [1.82, 2.24) is 0 Å². The number of nitrogens with one attached hydrogen (secondary N) is 1. The normalized spacial score (nSPS) is 11.3. The topological polar surface area (TPSA) is 73.9 Å². The highest BCUT2D eigenvalue weighted by molar-refractivity contribution is 5.95. The van der Waals surface area contributed by atoms with Crippen LogP contribution in [0.25, 0.3) is 6.08 Å². The lowest BCUT2D eigenvalue weighted by Gasteiger charge is -2.24. The van der Waals surface area contributed by atoms with Gasteiger partial charge in [-0.1, -0.05) is 56.3 Å². The van der Waals surface area contributed by atoms with Gasteiger partial charge < -0.3 is 19.5 Å². The first kappa shape index (κ1) is 29.5. The minimum Gasteiger partial charge on any atom is -0.493 e. The third kappa shape index (κ3) is 9.32. The molecule has 3 rings (SSSR count). The van der Waals surface area contributed by atoms with Crippen LogP contribution in [0.5, 0.6) is 11.5 Å². The summed E-state index contributed by atoms with van der Waals surface area (Å²) in [6.07, 6.45) is 4.49. The Balaban J connectivity index is 1.46. The fraction of sp³-hybridized carbons (Fsp3) is 0.333. The second-order valence-corrected chi connectivity index (χ2v) is 10.2. The zero-order valence-electron chi connectivity index (χ0n) is 23.6. The fourth-order valence-electron chi connectivity index (χ4n) is 3.95. The van der Waals surface area contributed by atoms with E-state index in [0.717, 1.165) is 40.2 Å². The molecule has 3 aromatic rings. The van der Waals surface area contributed by atoms with Crippen molar-refractivity contribution in [1.29, 1.82) is 0 Å². The molecule has 0 fully saturated rings. The van der Waals surface area contributed by atoms with E-state index in [4.69, 9.17) is 14.2 Å². The number of hydrogen-bond acceptors (Lipinski definition) is 5. The molecule has 206 valence electrons. The molecule has 0 spiro atoms. The SMILES string of the molecule is CCOC(=O)C=Cc1ccc(NC(=O)C(C)(C)CCCOc2cc(C)c(OCc3ccccc3)cc2C)cc1. The monoisotopic (exact) mass is 529 g/mol. The van der Waals surface area contributed by atoms with Crippen molar-refractivity contribution in [2.24, 2.45) is 5.41 Å². The summed E-state index contributed by atoms with van der Waals surface area (Å²) in [7, 11) is 0. The van der Waals surface area contributed by atoms with Crippen molar-refractivity contribution in [3.63, 3.8) is 0 Å². The molecular formula is C33H39NO5. The molecule has 6 heteroatoms. The largest absolute Gasteiger partial charge is 0.493 e. The third-order valence-corrected chi connectivity index (χ3v) is 6.40. The average molecular weight is 530 g/mol. The Morgan fingerprint density at radius 3 is 2.18 bits per heavy atom. The lowest BCUT2D eigenvalue weighted by molar-refractivity contribution is -0.137. The Bertz CT molecular complexity index is 1260. The standard InChI is InChI=1S/C33H39NO5/c1-6-37-31(35)18-15-26-13-16-28(17-14-26)34-32(36)33(4,5)19-10-20-38-29-21-25(3)30(22-24(29)2)39-23-27-11-8-7-9-12-27/h7-9,11-18,21-22H,6,10,19-20,23H2,1-5H3,(H,34,36). The van der Waals surface area contributed by atoms with E-state index in [1.165, 1.54) is 6.08 Å². The van der Waals surface area contributed by atoms with Crippen molar-refractivity contribution in [3.05, 3.63) is 95.1 Å². The molecule has 6 nitrogen and oxygen atoms in total. The summed E-state index contributed by atoms with van der Waals surface area (Å²) in [6, 6.07) is 21.5. The van der Waals surface area contributed by atoms with Crippen molar-refractivity contribution < 1.29 is 23.8 Å². The third-order valence-electron chi connectivity index (χ3n) is 6.40. The van der Waals surface area contributed by atoms with Crippen LogP contribution in [0.1, 0.15) is 55.9 Å². The van der Waals surface area contributed by atoms with Crippen molar-refractivity contribution in [2.45, 2.75) is 54.1 Å². The number of amides is 1. The number of aryl methyl sites for hydroxylation is 2. The highest BCUT2D eigenvalue weighted by Gasteiger charge is 2.27. The zero-order valence-corrected chi connectivity index (χ0v) is 23.6. The van der Waals surface area contributed by atoms with E-state index < -0.39 is 5.41 Å². The maximum atomic E-state index is 12.9. The minimum absolute atomic E-state index is 0.0516. The summed E-state index contributed by atoms with van der Waals surface area (Å²) < 4.78 is 17.0. The average Bonchev–Trinajstić information content (AvgIpc) is 2.92. The van der Waals surface area contributed by atoms with Crippen LogP contribution in [0.3, 0.4) is 0 Å². The summed E-state index contributed by atoms with van der Waals surface area (Å²) in [6.45, 7) is 11.1. The lowest BCUT2D eigenvalue weighted by atomic mass is 9.87. The molecule has 1 N–H and O–H groups in total. The van der Waals surface area contributed by atoms with Gasteiger partial charge in [0.25, 0.3) is 0 Å².